The summed E-state index contributed by atoms with van der Waals surface area (Å²) in [5, 5.41) is 3.10. The molecular weight excluding hydrogens is 217 g/mol. The van der Waals surface area contributed by atoms with Gasteiger partial charge >= 0.3 is 0 Å². The molecule has 0 spiro atoms. The summed E-state index contributed by atoms with van der Waals surface area (Å²) >= 11 is 0. The standard InChI is InChI=1S/C13H14FN3/c14-12-3-1-2-4-13(12)16-8-11-7-15-9-17(11)10-5-6-10/h1-4,7,9-10,16H,5-6,8H2. The molecule has 1 saturated carbocycles. The summed E-state index contributed by atoms with van der Waals surface area (Å²) in [5.41, 5.74) is 1.65. The highest BCUT2D eigenvalue weighted by Gasteiger charge is 2.24. The third-order valence-electron chi connectivity index (χ3n) is 3.02. The van der Waals surface area contributed by atoms with Crippen molar-refractivity contribution in [3.8, 4) is 0 Å². The first-order chi connectivity index (χ1) is 8.34. The molecule has 88 valence electrons. The van der Waals surface area contributed by atoms with Crippen molar-refractivity contribution in [2.24, 2.45) is 0 Å². The number of aromatic nitrogens is 2. The predicted molar refractivity (Wildman–Crippen MR) is 64.2 cm³/mol. The molecule has 1 heterocycles. The quantitative estimate of drug-likeness (QED) is 0.876. The average Bonchev–Trinajstić information content (AvgIpc) is 3.08. The van der Waals surface area contributed by atoms with Gasteiger partial charge in [0, 0.05) is 12.2 Å². The molecule has 1 aliphatic carbocycles. The van der Waals surface area contributed by atoms with Crippen LogP contribution in [0.3, 0.4) is 0 Å². The molecule has 1 N–H and O–H groups in total. The Balaban J connectivity index is 1.71. The van der Waals surface area contributed by atoms with E-state index in [9.17, 15) is 4.39 Å². The molecule has 3 nitrogen and oxygen atoms in total. The number of nitrogens with zero attached hydrogens (tertiary/aromatic N) is 2. The maximum Gasteiger partial charge on any atom is 0.146 e. The second-order valence-corrected chi connectivity index (χ2v) is 4.36. The van der Waals surface area contributed by atoms with Gasteiger partial charge in [-0.05, 0) is 25.0 Å². The predicted octanol–water partition coefficient (Wildman–Crippen LogP) is 2.97. The largest absolute Gasteiger partial charge is 0.377 e. The van der Waals surface area contributed by atoms with Gasteiger partial charge in [-0.2, -0.15) is 0 Å². The molecule has 1 fully saturated rings. The van der Waals surface area contributed by atoms with Crippen molar-refractivity contribution in [1.29, 1.82) is 0 Å². The van der Waals surface area contributed by atoms with E-state index >= 15 is 0 Å². The SMILES string of the molecule is Fc1ccccc1NCc1cncn1C1CC1. The number of para-hydroxylation sites is 1. The van der Waals surface area contributed by atoms with Crippen LogP contribution in [0.2, 0.25) is 0 Å². The molecule has 0 atom stereocenters. The summed E-state index contributed by atoms with van der Waals surface area (Å²) in [5.74, 6) is -0.218. The second kappa shape index (κ2) is 4.20. The topological polar surface area (TPSA) is 29.9 Å². The minimum Gasteiger partial charge on any atom is -0.377 e. The zero-order chi connectivity index (χ0) is 11.7. The Morgan fingerprint density at radius 1 is 1.35 bits per heavy atom. The highest BCUT2D eigenvalue weighted by Crippen LogP contribution is 2.35. The lowest BCUT2D eigenvalue weighted by atomic mass is 10.3. The van der Waals surface area contributed by atoms with Crippen LogP contribution in [-0.2, 0) is 6.54 Å². The number of rotatable bonds is 4. The number of imidazole rings is 1. The number of benzene rings is 1. The summed E-state index contributed by atoms with van der Waals surface area (Å²) in [6.45, 7) is 0.609. The van der Waals surface area contributed by atoms with Crippen LogP contribution in [0.4, 0.5) is 10.1 Å². The van der Waals surface area contributed by atoms with Crippen LogP contribution >= 0.6 is 0 Å². The van der Waals surface area contributed by atoms with Crippen LogP contribution in [-0.4, -0.2) is 9.55 Å². The van der Waals surface area contributed by atoms with Crippen molar-refractivity contribution < 1.29 is 4.39 Å². The molecule has 0 unspecified atom stereocenters. The van der Waals surface area contributed by atoms with Crippen molar-refractivity contribution in [2.45, 2.75) is 25.4 Å². The molecule has 3 rings (SSSR count). The van der Waals surface area contributed by atoms with Crippen molar-refractivity contribution in [3.05, 3.63) is 48.3 Å². The lowest BCUT2D eigenvalue weighted by molar-refractivity contribution is 0.629. The van der Waals surface area contributed by atoms with E-state index in [4.69, 9.17) is 0 Å². The fourth-order valence-electron chi connectivity index (χ4n) is 1.94. The molecular formula is C13H14FN3. The maximum absolute atomic E-state index is 13.4. The van der Waals surface area contributed by atoms with Crippen LogP contribution in [0.25, 0.3) is 0 Å². The van der Waals surface area contributed by atoms with Gasteiger partial charge in [-0.15, -0.1) is 0 Å². The van der Waals surface area contributed by atoms with Gasteiger partial charge < -0.3 is 9.88 Å². The Kier molecular flexibility index (Phi) is 2.55. The first kappa shape index (κ1) is 10.3. The number of nitrogens with one attached hydrogen (secondary N) is 1. The van der Waals surface area contributed by atoms with E-state index in [0.717, 1.165) is 5.69 Å². The summed E-state index contributed by atoms with van der Waals surface area (Å²) in [6, 6.07) is 7.32. The third kappa shape index (κ3) is 2.16. The second-order valence-electron chi connectivity index (χ2n) is 4.36. The Hall–Kier alpha value is -1.84. The number of hydrogen-bond acceptors (Lipinski definition) is 2. The Morgan fingerprint density at radius 3 is 2.94 bits per heavy atom. The van der Waals surface area contributed by atoms with Crippen LogP contribution < -0.4 is 5.32 Å². The molecule has 0 radical (unpaired) electrons. The Morgan fingerprint density at radius 2 is 2.18 bits per heavy atom. The maximum atomic E-state index is 13.4. The number of halogens is 1. The fraction of sp³-hybridized carbons (Fsp3) is 0.308. The number of hydrogen-bond donors (Lipinski definition) is 1. The first-order valence-corrected chi connectivity index (χ1v) is 5.84. The van der Waals surface area contributed by atoms with Gasteiger partial charge in [0.25, 0.3) is 0 Å². The fourth-order valence-corrected chi connectivity index (χ4v) is 1.94. The summed E-state index contributed by atoms with van der Waals surface area (Å²) in [4.78, 5) is 4.15. The van der Waals surface area contributed by atoms with Crippen LogP contribution in [0.5, 0.6) is 0 Å². The molecule has 2 aromatic rings. The van der Waals surface area contributed by atoms with E-state index in [0.29, 0.717) is 18.3 Å². The van der Waals surface area contributed by atoms with Crippen LogP contribution in [0.1, 0.15) is 24.6 Å². The molecule has 0 amide bonds. The molecule has 1 aromatic carbocycles. The van der Waals surface area contributed by atoms with E-state index in [-0.39, 0.29) is 5.82 Å². The van der Waals surface area contributed by atoms with Crippen molar-refractivity contribution >= 4 is 5.69 Å². The highest BCUT2D eigenvalue weighted by atomic mass is 19.1. The van der Waals surface area contributed by atoms with Gasteiger partial charge in [-0.3, -0.25) is 0 Å². The smallest absolute Gasteiger partial charge is 0.146 e. The lowest BCUT2D eigenvalue weighted by Crippen LogP contribution is -2.06. The van der Waals surface area contributed by atoms with E-state index in [2.05, 4.69) is 14.9 Å². The van der Waals surface area contributed by atoms with E-state index in [1.165, 1.54) is 18.9 Å². The van der Waals surface area contributed by atoms with E-state index in [1.807, 2.05) is 18.6 Å². The average molecular weight is 231 g/mol. The van der Waals surface area contributed by atoms with Crippen molar-refractivity contribution in [2.75, 3.05) is 5.32 Å². The minimum absolute atomic E-state index is 0.218. The Bertz CT molecular complexity index is 517. The van der Waals surface area contributed by atoms with Gasteiger partial charge in [-0.1, -0.05) is 12.1 Å². The summed E-state index contributed by atoms with van der Waals surface area (Å²) < 4.78 is 15.6. The molecule has 1 aliphatic rings. The van der Waals surface area contributed by atoms with Crippen molar-refractivity contribution in [1.82, 2.24) is 9.55 Å². The summed E-state index contributed by atoms with van der Waals surface area (Å²) in [6.07, 6.45) is 6.15. The van der Waals surface area contributed by atoms with Gasteiger partial charge in [0.15, 0.2) is 0 Å². The van der Waals surface area contributed by atoms with Gasteiger partial charge in [0.1, 0.15) is 5.82 Å². The van der Waals surface area contributed by atoms with E-state index < -0.39 is 0 Å². The van der Waals surface area contributed by atoms with Crippen LogP contribution in [0, 0.1) is 5.82 Å². The zero-order valence-electron chi connectivity index (χ0n) is 9.44. The lowest BCUT2D eigenvalue weighted by Gasteiger charge is -2.09. The van der Waals surface area contributed by atoms with Crippen LogP contribution in [0.15, 0.2) is 36.8 Å². The highest BCUT2D eigenvalue weighted by molar-refractivity contribution is 5.44. The molecule has 4 heteroatoms. The molecule has 17 heavy (non-hydrogen) atoms. The van der Waals surface area contributed by atoms with Gasteiger partial charge in [0.2, 0.25) is 0 Å². The molecule has 0 aliphatic heterocycles. The monoisotopic (exact) mass is 231 g/mol. The zero-order valence-corrected chi connectivity index (χ0v) is 9.44. The normalized spacial score (nSPS) is 14.9. The first-order valence-electron chi connectivity index (χ1n) is 5.84. The third-order valence-corrected chi connectivity index (χ3v) is 3.02. The van der Waals surface area contributed by atoms with Crippen molar-refractivity contribution in [3.63, 3.8) is 0 Å². The Labute approximate surface area is 99.3 Å². The molecule has 1 aromatic heterocycles. The molecule has 0 saturated heterocycles. The summed E-state index contributed by atoms with van der Waals surface area (Å²) in [7, 11) is 0. The van der Waals surface area contributed by atoms with Gasteiger partial charge in [-0.25, -0.2) is 9.37 Å². The molecule has 0 bridgehead atoms. The van der Waals surface area contributed by atoms with Gasteiger partial charge in [0.05, 0.1) is 24.3 Å². The van der Waals surface area contributed by atoms with E-state index in [1.54, 1.807) is 12.1 Å². The minimum atomic E-state index is -0.218. The number of anilines is 1.